The van der Waals surface area contributed by atoms with E-state index in [0.717, 1.165) is 31.1 Å². The highest BCUT2D eigenvalue weighted by Crippen LogP contribution is 2.17. The third-order valence-electron chi connectivity index (χ3n) is 3.08. The molecule has 0 radical (unpaired) electrons. The Morgan fingerprint density at radius 3 is 2.80 bits per heavy atom. The van der Waals surface area contributed by atoms with Gasteiger partial charge in [0.05, 0.1) is 12.8 Å². The summed E-state index contributed by atoms with van der Waals surface area (Å²) in [5.74, 6) is 1.93. The van der Waals surface area contributed by atoms with E-state index in [1.165, 1.54) is 5.56 Å². The summed E-state index contributed by atoms with van der Waals surface area (Å²) in [5, 5.41) is 3.15. The van der Waals surface area contributed by atoms with E-state index in [-0.39, 0.29) is 0 Å². The number of furan rings is 1. The normalized spacial score (nSPS) is 10.9. The van der Waals surface area contributed by atoms with Crippen molar-refractivity contribution in [2.75, 3.05) is 27.2 Å². The fourth-order valence-electron chi connectivity index (χ4n) is 2.04. The minimum Gasteiger partial charge on any atom is -0.492 e. The van der Waals surface area contributed by atoms with Crippen molar-refractivity contribution in [3.05, 3.63) is 54.0 Å². The van der Waals surface area contributed by atoms with Crippen molar-refractivity contribution in [3.63, 3.8) is 0 Å². The van der Waals surface area contributed by atoms with Crippen LogP contribution in [0.2, 0.25) is 0 Å². The van der Waals surface area contributed by atoms with Gasteiger partial charge in [-0.2, -0.15) is 0 Å². The van der Waals surface area contributed by atoms with Crippen LogP contribution in [-0.2, 0) is 13.1 Å². The second-order valence-electron chi connectivity index (χ2n) is 4.80. The maximum absolute atomic E-state index is 5.87. The van der Waals surface area contributed by atoms with Gasteiger partial charge in [-0.15, -0.1) is 0 Å². The van der Waals surface area contributed by atoms with Gasteiger partial charge in [-0.25, -0.2) is 0 Å². The highest BCUT2D eigenvalue weighted by molar-refractivity contribution is 5.33. The van der Waals surface area contributed by atoms with Crippen molar-refractivity contribution in [2.45, 2.75) is 13.1 Å². The highest BCUT2D eigenvalue weighted by Gasteiger charge is 2.05. The fraction of sp³-hybridized carbons (Fsp3) is 0.375. The van der Waals surface area contributed by atoms with Crippen molar-refractivity contribution < 1.29 is 9.15 Å². The predicted octanol–water partition coefficient (Wildman–Crippen LogP) is 2.51. The number of benzene rings is 1. The Morgan fingerprint density at radius 1 is 1.20 bits per heavy atom. The monoisotopic (exact) mass is 274 g/mol. The molecule has 0 saturated heterocycles. The zero-order valence-electron chi connectivity index (χ0n) is 12.1. The Morgan fingerprint density at radius 2 is 2.05 bits per heavy atom. The predicted molar refractivity (Wildman–Crippen MR) is 79.7 cm³/mol. The molecule has 0 saturated carbocycles. The number of rotatable bonds is 8. The quantitative estimate of drug-likeness (QED) is 0.802. The van der Waals surface area contributed by atoms with Crippen LogP contribution < -0.4 is 10.1 Å². The lowest BCUT2D eigenvalue weighted by molar-refractivity contribution is 0.221. The summed E-state index contributed by atoms with van der Waals surface area (Å²) in [5.41, 5.74) is 1.18. The molecule has 0 aliphatic heterocycles. The van der Waals surface area contributed by atoms with E-state index in [2.05, 4.69) is 23.3 Å². The molecule has 0 amide bonds. The summed E-state index contributed by atoms with van der Waals surface area (Å²) < 4.78 is 11.2. The van der Waals surface area contributed by atoms with Crippen LogP contribution >= 0.6 is 0 Å². The van der Waals surface area contributed by atoms with Gasteiger partial charge in [0, 0.05) is 18.7 Å². The minimum atomic E-state index is 0.665. The molecule has 108 valence electrons. The molecule has 2 rings (SSSR count). The van der Waals surface area contributed by atoms with Crippen LogP contribution in [0.3, 0.4) is 0 Å². The van der Waals surface area contributed by atoms with E-state index in [9.17, 15) is 0 Å². The van der Waals surface area contributed by atoms with Crippen LogP contribution in [0.4, 0.5) is 0 Å². The van der Waals surface area contributed by atoms with Gasteiger partial charge in [-0.05, 0) is 32.3 Å². The van der Waals surface area contributed by atoms with Gasteiger partial charge in [-0.1, -0.05) is 18.2 Å². The van der Waals surface area contributed by atoms with Crippen LogP contribution in [0.25, 0.3) is 0 Å². The summed E-state index contributed by atoms with van der Waals surface area (Å²) in [4.78, 5) is 2.18. The summed E-state index contributed by atoms with van der Waals surface area (Å²) in [7, 11) is 4.00. The van der Waals surface area contributed by atoms with E-state index in [0.29, 0.717) is 6.61 Å². The number of hydrogen-bond acceptors (Lipinski definition) is 4. The zero-order valence-corrected chi connectivity index (χ0v) is 12.1. The third-order valence-corrected chi connectivity index (χ3v) is 3.08. The summed E-state index contributed by atoms with van der Waals surface area (Å²) >= 11 is 0. The van der Waals surface area contributed by atoms with Crippen molar-refractivity contribution in [1.29, 1.82) is 0 Å². The number of likely N-dealkylation sites (N-methyl/N-ethyl adjacent to an activating group) is 1. The minimum absolute atomic E-state index is 0.665. The first-order valence-electron chi connectivity index (χ1n) is 6.86. The molecule has 4 heteroatoms. The number of hydrogen-bond donors (Lipinski definition) is 1. The third kappa shape index (κ3) is 4.40. The molecule has 20 heavy (non-hydrogen) atoms. The molecule has 0 aliphatic carbocycles. The number of ether oxygens (including phenoxy) is 1. The molecule has 0 bridgehead atoms. The van der Waals surface area contributed by atoms with E-state index in [1.54, 1.807) is 6.26 Å². The second kappa shape index (κ2) is 7.72. The fourth-order valence-corrected chi connectivity index (χ4v) is 2.04. The second-order valence-corrected chi connectivity index (χ2v) is 4.80. The molecular weight excluding hydrogens is 252 g/mol. The average Bonchev–Trinajstić information content (AvgIpc) is 2.94. The van der Waals surface area contributed by atoms with Crippen LogP contribution in [0.5, 0.6) is 5.75 Å². The van der Waals surface area contributed by atoms with Crippen molar-refractivity contribution in [3.8, 4) is 5.75 Å². The summed E-state index contributed by atoms with van der Waals surface area (Å²) in [6.07, 6.45) is 1.70. The van der Waals surface area contributed by atoms with Crippen LogP contribution in [0, 0.1) is 0 Å². The molecule has 1 aromatic carbocycles. The van der Waals surface area contributed by atoms with Crippen molar-refractivity contribution in [1.82, 2.24) is 10.2 Å². The molecular formula is C16H22N2O2. The molecule has 4 nitrogen and oxygen atoms in total. The highest BCUT2D eigenvalue weighted by atomic mass is 16.5. The molecule has 2 aromatic rings. The largest absolute Gasteiger partial charge is 0.492 e. The van der Waals surface area contributed by atoms with E-state index >= 15 is 0 Å². The Kier molecular flexibility index (Phi) is 5.65. The molecule has 0 spiro atoms. The van der Waals surface area contributed by atoms with Gasteiger partial charge >= 0.3 is 0 Å². The first kappa shape index (κ1) is 14.6. The molecule has 1 aromatic heterocycles. The Bertz CT molecular complexity index is 497. The van der Waals surface area contributed by atoms with Gasteiger partial charge in [0.2, 0.25) is 0 Å². The zero-order chi connectivity index (χ0) is 14.2. The Balaban J connectivity index is 1.77. The maximum Gasteiger partial charge on any atom is 0.123 e. The molecule has 0 unspecified atom stereocenters. The first-order chi connectivity index (χ1) is 9.79. The van der Waals surface area contributed by atoms with Crippen molar-refractivity contribution in [2.24, 2.45) is 0 Å². The van der Waals surface area contributed by atoms with Gasteiger partial charge in [-0.3, -0.25) is 4.90 Å². The van der Waals surface area contributed by atoms with E-state index < -0.39 is 0 Å². The first-order valence-corrected chi connectivity index (χ1v) is 6.86. The molecule has 1 heterocycles. The molecule has 0 aliphatic rings. The average molecular weight is 274 g/mol. The summed E-state index contributed by atoms with van der Waals surface area (Å²) in [6.45, 7) is 3.14. The van der Waals surface area contributed by atoms with Crippen LogP contribution in [0.15, 0.2) is 47.1 Å². The van der Waals surface area contributed by atoms with Crippen LogP contribution in [-0.4, -0.2) is 32.1 Å². The lowest BCUT2D eigenvalue weighted by Gasteiger charge is -2.16. The summed E-state index contributed by atoms with van der Waals surface area (Å²) in [6, 6.07) is 12.0. The van der Waals surface area contributed by atoms with Gasteiger partial charge in [0.15, 0.2) is 0 Å². The van der Waals surface area contributed by atoms with Gasteiger partial charge < -0.3 is 14.5 Å². The number of nitrogens with one attached hydrogen (secondary N) is 1. The Labute approximate surface area is 120 Å². The lowest BCUT2D eigenvalue weighted by atomic mass is 10.2. The number of para-hydroxylation sites is 1. The van der Waals surface area contributed by atoms with Crippen LogP contribution in [0.1, 0.15) is 11.3 Å². The van der Waals surface area contributed by atoms with E-state index in [4.69, 9.17) is 9.15 Å². The molecule has 1 N–H and O–H groups in total. The smallest absolute Gasteiger partial charge is 0.123 e. The SMILES string of the molecule is CNCc1ccccc1OCCN(C)Cc1ccco1. The van der Waals surface area contributed by atoms with Gasteiger partial charge in [0.1, 0.15) is 18.1 Å². The lowest BCUT2D eigenvalue weighted by Crippen LogP contribution is -2.24. The maximum atomic E-state index is 5.87. The molecule has 0 atom stereocenters. The standard InChI is InChI=1S/C16H22N2O2/c1-17-12-14-6-3-4-8-16(14)20-11-9-18(2)13-15-7-5-10-19-15/h3-8,10,17H,9,11-13H2,1-2H3. The van der Waals surface area contributed by atoms with Crippen molar-refractivity contribution >= 4 is 0 Å². The van der Waals surface area contributed by atoms with Gasteiger partial charge in [0.25, 0.3) is 0 Å². The topological polar surface area (TPSA) is 37.6 Å². The van der Waals surface area contributed by atoms with E-state index in [1.807, 2.05) is 37.4 Å². The molecule has 0 fully saturated rings. The Hall–Kier alpha value is -1.78. The number of nitrogens with zero attached hydrogens (tertiary/aromatic N) is 1.